The highest BCUT2D eigenvalue weighted by atomic mass is 16.2. The molecule has 32 heavy (non-hydrogen) atoms. The van der Waals surface area contributed by atoms with Gasteiger partial charge in [-0.05, 0) is 37.1 Å². The molecule has 0 fully saturated rings. The van der Waals surface area contributed by atoms with Gasteiger partial charge >= 0.3 is 0 Å². The highest BCUT2D eigenvalue weighted by Gasteiger charge is 2.18. The molecule has 0 saturated heterocycles. The maximum atomic E-state index is 13.0. The summed E-state index contributed by atoms with van der Waals surface area (Å²) in [6, 6.07) is 11.3. The number of aromatic nitrogens is 5. The minimum absolute atomic E-state index is 0.283. The monoisotopic (exact) mass is 430 g/mol. The van der Waals surface area contributed by atoms with Crippen molar-refractivity contribution >= 4 is 34.6 Å². The van der Waals surface area contributed by atoms with E-state index in [1.807, 2.05) is 24.3 Å². The molecule has 4 rings (SSSR count). The molecule has 1 atom stereocenters. The summed E-state index contributed by atoms with van der Waals surface area (Å²) in [5, 5.41) is 14.3. The lowest BCUT2D eigenvalue weighted by Gasteiger charge is -2.18. The predicted molar refractivity (Wildman–Crippen MR) is 125 cm³/mol. The van der Waals surface area contributed by atoms with E-state index in [1.165, 1.54) is 6.20 Å². The smallest absolute Gasteiger partial charge is 0.276 e. The van der Waals surface area contributed by atoms with Gasteiger partial charge in [-0.25, -0.2) is 14.5 Å². The Labute approximate surface area is 186 Å². The second-order valence-corrected chi connectivity index (χ2v) is 7.39. The van der Waals surface area contributed by atoms with E-state index >= 15 is 0 Å². The molecule has 0 aromatic carbocycles. The first-order valence-electron chi connectivity index (χ1n) is 10.7. The maximum absolute atomic E-state index is 13.0. The lowest BCUT2D eigenvalue weighted by atomic mass is 10.1. The third-order valence-electron chi connectivity index (χ3n) is 5.05. The van der Waals surface area contributed by atoms with Gasteiger partial charge in [-0.1, -0.05) is 26.3 Å². The molecule has 1 amide bonds. The van der Waals surface area contributed by atoms with E-state index in [4.69, 9.17) is 0 Å². The average Bonchev–Trinajstić information content (AvgIpc) is 3.24. The van der Waals surface area contributed by atoms with Gasteiger partial charge in [0.15, 0.2) is 11.3 Å². The SMILES string of the molecule is CCC[C@@H](CC)Nc1cc(Nc2ccccn2)c2ncc(C(=O)Nc3ccncc3)n2n1. The molecule has 9 nitrogen and oxygen atoms in total. The number of carbonyl (C=O) groups is 1. The first-order valence-corrected chi connectivity index (χ1v) is 10.7. The van der Waals surface area contributed by atoms with Crippen LogP contribution in [0.2, 0.25) is 0 Å². The summed E-state index contributed by atoms with van der Waals surface area (Å²) >= 11 is 0. The largest absolute Gasteiger partial charge is 0.366 e. The molecule has 4 aromatic rings. The van der Waals surface area contributed by atoms with Gasteiger partial charge in [-0.2, -0.15) is 0 Å². The van der Waals surface area contributed by atoms with Gasteiger partial charge in [0.05, 0.1) is 11.9 Å². The molecule has 4 aromatic heterocycles. The number of nitrogens with zero attached hydrogens (tertiary/aromatic N) is 5. The Morgan fingerprint density at radius 3 is 2.62 bits per heavy atom. The fraction of sp³-hybridized carbons (Fsp3) is 0.261. The fourth-order valence-electron chi connectivity index (χ4n) is 3.43. The van der Waals surface area contributed by atoms with Gasteiger partial charge in [0, 0.05) is 36.4 Å². The lowest BCUT2D eigenvalue weighted by molar-refractivity contribution is 0.102. The summed E-state index contributed by atoms with van der Waals surface area (Å²) in [4.78, 5) is 25.7. The summed E-state index contributed by atoms with van der Waals surface area (Å²) in [6.07, 6.45) is 9.55. The van der Waals surface area contributed by atoms with Crippen molar-refractivity contribution < 1.29 is 4.79 Å². The molecule has 164 valence electrons. The number of hydrogen-bond donors (Lipinski definition) is 3. The van der Waals surface area contributed by atoms with Crippen molar-refractivity contribution in [1.29, 1.82) is 0 Å². The topological polar surface area (TPSA) is 109 Å². The van der Waals surface area contributed by atoms with Crippen LogP contribution in [-0.2, 0) is 0 Å². The summed E-state index contributed by atoms with van der Waals surface area (Å²) in [5.74, 6) is 1.03. The predicted octanol–water partition coefficient (Wildman–Crippen LogP) is 4.51. The molecule has 4 heterocycles. The number of anilines is 4. The molecule has 0 spiro atoms. The number of imidazole rings is 1. The Bertz CT molecular complexity index is 1180. The highest BCUT2D eigenvalue weighted by Crippen LogP contribution is 2.25. The maximum Gasteiger partial charge on any atom is 0.276 e. The van der Waals surface area contributed by atoms with Gasteiger partial charge in [-0.3, -0.25) is 9.78 Å². The zero-order valence-electron chi connectivity index (χ0n) is 18.1. The van der Waals surface area contributed by atoms with E-state index in [1.54, 1.807) is 35.2 Å². The minimum atomic E-state index is -0.308. The van der Waals surface area contributed by atoms with E-state index in [9.17, 15) is 4.79 Å². The number of carbonyl (C=O) groups excluding carboxylic acids is 1. The molecule has 0 saturated carbocycles. The van der Waals surface area contributed by atoms with E-state index in [0.29, 0.717) is 34.4 Å². The number of pyridine rings is 2. The van der Waals surface area contributed by atoms with Crippen molar-refractivity contribution in [3.8, 4) is 0 Å². The van der Waals surface area contributed by atoms with Gasteiger partial charge in [0.25, 0.3) is 5.91 Å². The Balaban J connectivity index is 1.73. The summed E-state index contributed by atoms with van der Waals surface area (Å²) in [6.45, 7) is 4.30. The van der Waals surface area contributed by atoms with Crippen LogP contribution in [0.1, 0.15) is 43.6 Å². The Morgan fingerprint density at radius 2 is 1.91 bits per heavy atom. The lowest BCUT2D eigenvalue weighted by Crippen LogP contribution is -2.21. The average molecular weight is 431 g/mol. The van der Waals surface area contributed by atoms with Crippen LogP contribution in [0.3, 0.4) is 0 Å². The van der Waals surface area contributed by atoms with Gasteiger partial charge in [0.2, 0.25) is 0 Å². The van der Waals surface area contributed by atoms with Crippen LogP contribution in [0, 0.1) is 0 Å². The molecule has 9 heteroatoms. The van der Waals surface area contributed by atoms with E-state index in [2.05, 4.69) is 49.8 Å². The molecular weight excluding hydrogens is 404 g/mol. The molecule has 0 aliphatic rings. The molecule has 0 aliphatic carbocycles. The van der Waals surface area contributed by atoms with Crippen molar-refractivity contribution in [1.82, 2.24) is 24.6 Å². The van der Waals surface area contributed by atoms with Gasteiger partial charge < -0.3 is 16.0 Å². The molecule has 0 aliphatic heterocycles. The summed E-state index contributed by atoms with van der Waals surface area (Å²) in [5.41, 5.74) is 2.21. The van der Waals surface area contributed by atoms with Crippen LogP contribution in [0.5, 0.6) is 0 Å². The van der Waals surface area contributed by atoms with Crippen LogP contribution in [-0.4, -0.2) is 36.5 Å². The van der Waals surface area contributed by atoms with Gasteiger partial charge in [0.1, 0.15) is 11.6 Å². The van der Waals surface area contributed by atoms with E-state index in [-0.39, 0.29) is 11.9 Å². The van der Waals surface area contributed by atoms with Crippen molar-refractivity contribution in [2.45, 2.75) is 39.2 Å². The molecule has 0 unspecified atom stereocenters. The number of amides is 1. The molecule has 3 N–H and O–H groups in total. The standard InChI is InChI=1S/C23H26N8O/c1-3-7-16(4-2)27-21-14-18(29-20-8-5-6-11-25-20)22-26-15-19(31(22)30-21)23(32)28-17-9-12-24-13-10-17/h5-6,8-16H,3-4,7H2,1-2H3,(H,25,29)(H,27,30)(H,24,28,32)/t16-/m1/s1. The quantitative estimate of drug-likeness (QED) is 0.358. The third kappa shape index (κ3) is 4.83. The van der Waals surface area contributed by atoms with Crippen molar-refractivity contribution in [2.24, 2.45) is 0 Å². The highest BCUT2D eigenvalue weighted by molar-refractivity contribution is 6.03. The summed E-state index contributed by atoms with van der Waals surface area (Å²) < 4.78 is 1.56. The number of nitrogens with one attached hydrogen (secondary N) is 3. The van der Waals surface area contributed by atoms with Crippen molar-refractivity contribution in [2.75, 3.05) is 16.0 Å². The second-order valence-electron chi connectivity index (χ2n) is 7.39. The second kappa shape index (κ2) is 9.86. The van der Waals surface area contributed by atoms with Crippen LogP contribution in [0.15, 0.2) is 61.2 Å². The van der Waals surface area contributed by atoms with Crippen LogP contribution >= 0.6 is 0 Å². The van der Waals surface area contributed by atoms with E-state index in [0.717, 1.165) is 19.3 Å². The Morgan fingerprint density at radius 1 is 1.06 bits per heavy atom. The van der Waals surface area contributed by atoms with Crippen LogP contribution in [0.4, 0.5) is 23.0 Å². The van der Waals surface area contributed by atoms with Crippen molar-refractivity contribution in [3.63, 3.8) is 0 Å². The first-order chi connectivity index (χ1) is 15.7. The Kier molecular flexibility index (Phi) is 6.54. The number of rotatable bonds is 9. The molecule has 0 radical (unpaired) electrons. The number of fused-ring (bicyclic) bond motifs is 1. The minimum Gasteiger partial charge on any atom is -0.366 e. The molecular formula is C23H26N8O. The van der Waals surface area contributed by atoms with Gasteiger partial charge in [-0.15, -0.1) is 5.10 Å². The third-order valence-corrected chi connectivity index (χ3v) is 5.05. The Hall–Kier alpha value is -4.01. The first kappa shape index (κ1) is 21.2. The van der Waals surface area contributed by atoms with E-state index < -0.39 is 0 Å². The zero-order chi connectivity index (χ0) is 22.3. The normalized spacial score (nSPS) is 11.8. The van der Waals surface area contributed by atoms with Crippen LogP contribution < -0.4 is 16.0 Å². The molecule has 0 bridgehead atoms. The fourth-order valence-corrected chi connectivity index (χ4v) is 3.43. The summed E-state index contributed by atoms with van der Waals surface area (Å²) in [7, 11) is 0. The zero-order valence-corrected chi connectivity index (χ0v) is 18.1. The van der Waals surface area contributed by atoms with Crippen molar-refractivity contribution in [3.05, 3.63) is 66.9 Å². The van der Waals surface area contributed by atoms with Crippen LogP contribution in [0.25, 0.3) is 5.65 Å². The number of hydrogen-bond acceptors (Lipinski definition) is 7.